The minimum atomic E-state index is -0.463. The molecule has 1 aliphatic heterocycles. The van der Waals surface area contributed by atoms with Gasteiger partial charge in [0.15, 0.2) is 11.6 Å². The Labute approximate surface area is 138 Å². The first-order valence-corrected chi connectivity index (χ1v) is 8.10. The molecule has 0 N–H and O–H groups in total. The summed E-state index contributed by atoms with van der Waals surface area (Å²) in [7, 11) is 1.66. The fourth-order valence-corrected chi connectivity index (χ4v) is 2.49. The number of aromatic nitrogens is 1. The number of rotatable bonds is 3. The van der Waals surface area contributed by atoms with Gasteiger partial charge in [-0.1, -0.05) is 6.92 Å². The van der Waals surface area contributed by atoms with Crippen molar-refractivity contribution in [1.82, 2.24) is 9.88 Å². The van der Waals surface area contributed by atoms with Crippen LogP contribution in [0.5, 0.6) is 5.75 Å². The molecule has 1 aromatic heterocycles. The summed E-state index contributed by atoms with van der Waals surface area (Å²) < 4.78 is 10.9. The zero-order valence-electron chi connectivity index (χ0n) is 14.8. The van der Waals surface area contributed by atoms with Gasteiger partial charge in [-0.05, 0) is 38.8 Å². The van der Waals surface area contributed by atoms with Crippen LogP contribution in [-0.2, 0) is 11.2 Å². The molecular formula is C17H27N3O3. The van der Waals surface area contributed by atoms with Crippen molar-refractivity contribution in [2.45, 2.75) is 39.7 Å². The minimum absolute atomic E-state index is 0.251. The third-order valence-electron chi connectivity index (χ3n) is 3.75. The molecule has 1 saturated heterocycles. The molecule has 6 heteroatoms. The van der Waals surface area contributed by atoms with Gasteiger partial charge in [-0.3, -0.25) is 0 Å². The van der Waals surface area contributed by atoms with Crippen molar-refractivity contribution >= 4 is 11.9 Å². The van der Waals surface area contributed by atoms with E-state index in [-0.39, 0.29) is 6.09 Å². The fraction of sp³-hybridized carbons (Fsp3) is 0.647. The molecule has 1 fully saturated rings. The highest BCUT2D eigenvalue weighted by atomic mass is 16.6. The minimum Gasteiger partial charge on any atom is -0.493 e. The summed E-state index contributed by atoms with van der Waals surface area (Å²) in [5, 5.41) is 0. The van der Waals surface area contributed by atoms with Crippen molar-refractivity contribution in [2.24, 2.45) is 0 Å². The van der Waals surface area contributed by atoms with E-state index in [4.69, 9.17) is 9.47 Å². The second-order valence-electron chi connectivity index (χ2n) is 6.68. The summed E-state index contributed by atoms with van der Waals surface area (Å²) in [6, 6.07) is 2.03. The Hall–Kier alpha value is -1.98. The lowest BCUT2D eigenvalue weighted by atomic mass is 10.2. The summed E-state index contributed by atoms with van der Waals surface area (Å²) in [4.78, 5) is 20.5. The Kier molecular flexibility index (Phi) is 5.34. The van der Waals surface area contributed by atoms with Crippen molar-refractivity contribution in [1.29, 1.82) is 0 Å². The van der Waals surface area contributed by atoms with Crippen LogP contribution in [-0.4, -0.2) is 54.9 Å². The van der Waals surface area contributed by atoms with Gasteiger partial charge in [0.1, 0.15) is 5.60 Å². The van der Waals surface area contributed by atoms with Gasteiger partial charge in [-0.25, -0.2) is 9.78 Å². The molecule has 2 rings (SSSR count). The first-order chi connectivity index (χ1) is 10.8. The van der Waals surface area contributed by atoms with Crippen LogP contribution in [0.25, 0.3) is 0 Å². The smallest absolute Gasteiger partial charge is 0.410 e. The molecule has 0 saturated carbocycles. The number of pyridine rings is 1. The number of carbonyl (C=O) groups is 1. The largest absolute Gasteiger partial charge is 0.493 e. The average molecular weight is 321 g/mol. The van der Waals surface area contributed by atoms with Gasteiger partial charge in [0.2, 0.25) is 0 Å². The summed E-state index contributed by atoms with van der Waals surface area (Å²) in [6.45, 7) is 10.4. The van der Waals surface area contributed by atoms with Crippen LogP contribution in [0.3, 0.4) is 0 Å². The van der Waals surface area contributed by atoms with E-state index >= 15 is 0 Å². The van der Waals surface area contributed by atoms with Crippen molar-refractivity contribution in [3.05, 3.63) is 17.8 Å². The Bertz CT molecular complexity index is 547. The van der Waals surface area contributed by atoms with Crippen molar-refractivity contribution in [2.75, 3.05) is 38.2 Å². The molecular weight excluding hydrogens is 294 g/mol. The molecule has 128 valence electrons. The molecule has 1 aliphatic rings. The molecule has 2 heterocycles. The highest BCUT2D eigenvalue weighted by molar-refractivity contribution is 5.68. The van der Waals surface area contributed by atoms with Gasteiger partial charge < -0.3 is 19.3 Å². The molecule has 0 spiro atoms. The summed E-state index contributed by atoms with van der Waals surface area (Å²) in [5.41, 5.74) is 0.688. The molecule has 1 aromatic rings. The molecule has 0 aliphatic carbocycles. The zero-order valence-corrected chi connectivity index (χ0v) is 14.8. The zero-order chi connectivity index (χ0) is 17.0. The molecule has 0 radical (unpaired) electrons. The van der Waals surface area contributed by atoms with Gasteiger partial charge >= 0.3 is 6.09 Å². The third-order valence-corrected chi connectivity index (χ3v) is 3.75. The topological polar surface area (TPSA) is 54.9 Å². The second-order valence-corrected chi connectivity index (χ2v) is 6.68. The number of amides is 1. The fourth-order valence-electron chi connectivity index (χ4n) is 2.49. The predicted octanol–water partition coefficient (Wildman–Crippen LogP) is 2.71. The van der Waals surface area contributed by atoms with Gasteiger partial charge in [0.05, 0.1) is 7.11 Å². The summed E-state index contributed by atoms with van der Waals surface area (Å²) >= 11 is 0. The van der Waals surface area contributed by atoms with Crippen molar-refractivity contribution in [3.63, 3.8) is 0 Å². The molecule has 0 aromatic carbocycles. The molecule has 6 nitrogen and oxygen atoms in total. The SMILES string of the molecule is CCc1cnc(N2CCN(C(=O)OC(C)(C)C)CC2)c(OC)c1. The average Bonchev–Trinajstić information content (AvgIpc) is 2.52. The maximum atomic E-state index is 12.1. The molecule has 0 atom stereocenters. The second kappa shape index (κ2) is 7.06. The lowest BCUT2D eigenvalue weighted by Crippen LogP contribution is -2.50. The van der Waals surface area contributed by atoms with E-state index in [2.05, 4.69) is 16.8 Å². The molecule has 23 heavy (non-hydrogen) atoms. The lowest BCUT2D eigenvalue weighted by Gasteiger charge is -2.36. The van der Waals surface area contributed by atoms with Crippen LogP contribution >= 0.6 is 0 Å². The third kappa shape index (κ3) is 4.50. The first kappa shape index (κ1) is 17.4. The van der Waals surface area contributed by atoms with Gasteiger partial charge in [0, 0.05) is 32.4 Å². The Morgan fingerprint density at radius 3 is 2.43 bits per heavy atom. The number of piperazine rings is 1. The lowest BCUT2D eigenvalue weighted by molar-refractivity contribution is 0.0240. The molecule has 0 unspecified atom stereocenters. The van der Waals surface area contributed by atoms with Crippen LogP contribution in [0, 0.1) is 0 Å². The standard InChI is InChI=1S/C17H27N3O3/c1-6-13-11-14(22-5)15(18-12-13)19-7-9-20(10-8-19)16(21)23-17(2,3)4/h11-12H,6-10H2,1-5H3. The number of nitrogens with zero attached hydrogens (tertiary/aromatic N) is 3. The molecule has 1 amide bonds. The van der Waals surface area contributed by atoms with Crippen LogP contribution in [0.4, 0.5) is 10.6 Å². The van der Waals surface area contributed by atoms with Crippen LogP contribution < -0.4 is 9.64 Å². The normalized spacial score (nSPS) is 15.5. The predicted molar refractivity (Wildman–Crippen MR) is 90.2 cm³/mol. The first-order valence-electron chi connectivity index (χ1n) is 8.10. The van der Waals surface area contributed by atoms with Gasteiger partial charge in [-0.2, -0.15) is 0 Å². The Morgan fingerprint density at radius 2 is 1.91 bits per heavy atom. The number of hydrogen-bond donors (Lipinski definition) is 0. The van der Waals surface area contributed by atoms with E-state index in [0.717, 1.165) is 23.6 Å². The maximum absolute atomic E-state index is 12.1. The number of ether oxygens (including phenoxy) is 2. The number of anilines is 1. The summed E-state index contributed by atoms with van der Waals surface area (Å²) in [6.07, 6.45) is 2.56. The number of aryl methyl sites for hydroxylation is 1. The number of carbonyl (C=O) groups excluding carboxylic acids is 1. The van der Waals surface area contributed by atoms with E-state index in [0.29, 0.717) is 26.2 Å². The quantitative estimate of drug-likeness (QED) is 0.857. The van der Waals surface area contributed by atoms with Crippen LogP contribution in [0.2, 0.25) is 0 Å². The van der Waals surface area contributed by atoms with Gasteiger partial charge in [-0.15, -0.1) is 0 Å². The van der Waals surface area contributed by atoms with E-state index in [1.165, 1.54) is 0 Å². The van der Waals surface area contributed by atoms with Crippen molar-refractivity contribution < 1.29 is 14.3 Å². The maximum Gasteiger partial charge on any atom is 0.410 e. The van der Waals surface area contributed by atoms with E-state index in [1.54, 1.807) is 12.0 Å². The van der Waals surface area contributed by atoms with Crippen LogP contribution in [0.15, 0.2) is 12.3 Å². The van der Waals surface area contributed by atoms with Crippen molar-refractivity contribution in [3.8, 4) is 5.75 Å². The van der Waals surface area contributed by atoms with Gasteiger partial charge in [0.25, 0.3) is 0 Å². The number of methoxy groups -OCH3 is 1. The Morgan fingerprint density at radius 1 is 1.26 bits per heavy atom. The summed E-state index contributed by atoms with van der Waals surface area (Å²) in [5.74, 6) is 1.63. The highest BCUT2D eigenvalue weighted by Crippen LogP contribution is 2.27. The number of hydrogen-bond acceptors (Lipinski definition) is 5. The monoisotopic (exact) mass is 321 g/mol. The highest BCUT2D eigenvalue weighted by Gasteiger charge is 2.27. The van der Waals surface area contributed by atoms with Crippen LogP contribution in [0.1, 0.15) is 33.3 Å². The Balaban J connectivity index is 2.00. The molecule has 0 bridgehead atoms. The van der Waals surface area contributed by atoms with E-state index in [9.17, 15) is 4.79 Å². The van der Waals surface area contributed by atoms with E-state index in [1.807, 2.05) is 33.0 Å². The van der Waals surface area contributed by atoms with E-state index < -0.39 is 5.60 Å².